The minimum Gasteiger partial charge on any atom is -0.481 e. The summed E-state index contributed by atoms with van der Waals surface area (Å²) >= 11 is 1.21. The predicted octanol–water partition coefficient (Wildman–Crippen LogP) is 1.45. The second-order valence-corrected chi connectivity index (χ2v) is 4.11. The first-order valence-electron chi connectivity index (χ1n) is 4.78. The van der Waals surface area contributed by atoms with Crippen LogP contribution in [-0.4, -0.2) is 32.0 Å². The summed E-state index contributed by atoms with van der Waals surface area (Å²) < 4.78 is 5.39. The molecular formula is C10H9N3O3S. The summed E-state index contributed by atoms with van der Waals surface area (Å²) in [5.41, 5.74) is 0.794. The number of thioether (sulfide) groups is 1. The molecule has 0 aliphatic rings. The first-order chi connectivity index (χ1) is 8.25. The zero-order valence-corrected chi connectivity index (χ0v) is 9.55. The fourth-order valence-corrected chi connectivity index (χ4v) is 1.72. The summed E-state index contributed by atoms with van der Waals surface area (Å²) in [4.78, 5) is 14.2. The van der Waals surface area contributed by atoms with Gasteiger partial charge in [0, 0.05) is 18.0 Å². The van der Waals surface area contributed by atoms with Crippen molar-refractivity contribution in [1.82, 2.24) is 15.2 Å². The van der Waals surface area contributed by atoms with Crippen LogP contribution in [0, 0.1) is 0 Å². The average Bonchev–Trinajstić information content (AvgIpc) is 2.78. The van der Waals surface area contributed by atoms with E-state index >= 15 is 0 Å². The van der Waals surface area contributed by atoms with E-state index in [0.717, 1.165) is 5.56 Å². The maximum absolute atomic E-state index is 10.3. The molecule has 0 aliphatic carbocycles. The summed E-state index contributed by atoms with van der Waals surface area (Å²) in [6.07, 6.45) is 3.27. The Morgan fingerprint density at radius 1 is 1.35 bits per heavy atom. The molecule has 0 amide bonds. The van der Waals surface area contributed by atoms with Crippen LogP contribution in [-0.2, 0) is 10.5 Å². The highest BCUT2D eigenvalue weighted by atomic mass is 32.2. The van der Waals surface area contributed by atoms with E-state index in [1.165, 1.54) is 11.8 Å². The quantitative estimate of drug-likeness (QED) is 0.860. The van der Waals surface area contributed by atoms with E-state index in [4.69, 9.17) is 9.52 Å². The normalized spacial score (nSPS) is 10.4. The first kappa shape index (κ1) is 11.6. The highest BCUT2D eigenvalue weighted by Crippen LogP contribution is 2.18. The van der Waals surface area contributed by atoms with Crippen LogP contribution in [0.5, 0.6) is 0 Å². The van der Waals surface area contributed by atoms with Gasteiger partial charge in [0.2, 0.25) is 11.8 Å². The van der Waals surface area contributed by atoms with Crippen LogP contribution in [0.2, 0.25) is 0 Å². The molecule has 0 fully saturated rings. The highest BCUT2D eigenvalue weighted by Gasteiger charge is 2.08. The topological polar surface area (TPSA) is 89.1 Å². The van der Waals surface area contributed by atoms with Crippen molar-refractivity contribution in [2.24, 2.45) is 0 Å². The third-order valence-electron chi connectivity index (χ3n) is 1.85. The summed E-state index contributed by atoms with van der Waals surface area (Å²) in [6, 6.07) is 3.53. The number of carboxylic acids is 1. The van der Waals surface area contributed by atoms with Gasteiger partial charge in [-0.2, -0.15) is 0 Å². The molecule has 0 saturated heterocycles. The standard InChI is InChI=1S/C10H9N3O3S/c14-9(15)6-17-5-8-12-13-10(16-8)7-1-3-11-4-2-7/h1-4H,5-6H2,(H,14,15). The molecule has 0 bridgehead atoms. The van der Waals surface area contributed by atoms with Gasteiger partial charge in [0.15, 0.2) is 0 Å². The van der Waals surface area contributed by atoms with E-state index in [1.54, 1.807) is 24.5 Å². The van der Waals surface area contributed by atoms with Gasteiger partial charge < -0.3 is 9.52 Å². The lowest BCUT2D eigenvalue weighted by molar-refractivity contribution is -0.133. The van der Waals surface area contributed by atoms with Gasteiger partial charge in [0.05, 0.1) is 11.5 Å². The molecule has 0 spiro atoms. The molecule has 2 aromatic heterocycles. The number of carboxylic acid groups (broad SMARTS) is 1. The Morgan fingerprint density at radius 2 is 2.12 bits per heavy atom. The zero-order valence-electron chi connectivity index (χ0n) is 8.74. The van der Waals surface area contributed by atoms with Crippen molar-refractivity contribution in [3.05, 3.63) is 30.4 Å². The molecule has 0 unspecified atom stereocenters. The summed E-state index contributed by atoms with van der Waals surface area (Å²) in [6.45, 7) is 0. The molecule has 2 heterocycles. The van der Waals surface area contributed by atoms with Crippen molar-refractivity contribution in [2.75, 3.05) is 5.75 Å². The van der Waals surface area contributed by atoms with Crippen LogP contribution in [0.25, 0.3) is 11.5 Å². The summed E-state index contributed by atoms with van der Waals surface area (Å²) in [5.74, 6) is 0.391. The molecule has 88 valence electrons. The fraction of sp³-hybridized carbons (Fsp3) is 0.200. The van der Waals surface area contributed by atoms with Crippen LogP contribution >= 0.6 is 11.8 Å². The molecular weight excluding hydrogens is 242 g/mol. The van der Waals surface area contributed by atoms with Crippen LogP contribution < -0.4 is 0 Å². The van der Waals surface area contributed by atoms with E-state index in [2.05, 4.69) is 15.2 Å². The van der Waals surface area contributed by atoms with E-state index in [0.29, 0.717) is 17.5 Å². The molecule has 17 heavy (non-hydrogen) atoms. The Kier molecular flexibility index (Phi) is 3.71. The Hall–Kier alpha value is -1.89. The maximum atomic E-state index is 10.3. The minimum atomic E-state index is -0.858. The number of aliphatic carboxylic acids is 1. The van der Waals surface area contributed by atoms with Crippen LogP contribution in [0.1, 0.15) is 5.89 Å². The lowest BCUT2D eigenvalue weighted by Gasteiger charge is -1.93. The number of aromatic nitrogens is 3. The predicted molar refractivity (Wildman–Crippen MR) is 61.3 cm³/mol. The van der Waals surface area contributed by atoms with Crippen LogP contribution in [0.15, 0.2) is 28.9 Å². The Labute approximate surface area is 101 Å². The summed E-state index contributed by atoms with van der Waals surface area (Å²) in [7, 11) is 0. The van der Waals surface area contributed by atoms with E-state index in [1.807, 2.05) is 0 Å². The third-order valence-corrected chi connectivity index (χ3v) is 2.75. The molecule has 6 nitrogen and oxygen atoms in total. The van der Waals surface area contributed by atoms with Gasteiger partial charge in [-0.05, 0) is 12.1 Å². The smallest absolute Gasteiger partial charge is 0.313 e. The van der Waals surface area contributed by atoms with Crippen molar-refractivity contribution in [1.29, 1.82) is 0 Å². The molecule has 0 radical (unpaired) electrons. The third kappa shape index (κ3) is 3.28. The number of hydrogen-bond acceptors (Lipinski definition) is 6. The molecule has 0 aromatic carbocycles. The molecule has 1 N–H and O–H groups in total. The highest BCUT2D eigenvalue weighted by molar-refractivity contribution is 7.99. The first-order valence-corrected chi connectivity index (χ1v) is 5.93. The molecule has 0 atom stereocenters. The average molecular weight is 251 g/mol. The van der Waals surface area contributed by atoms with E-state index < -0.39 is 5.97 Å². The second kappa shape index (κ2) is 5.44. The molecule has 0 aliphatic heterocycles. The van der Waals surface area contributed by atoms with Crippen LogP contribution in [0.3, 0.4) is 0 Å². The largest absolute Gasteiger partial charge is 0.481 e. The number of pyridine rings is 1. The van der Waals surface area contributed by atoms with Gasteiger partial charge in [-0.3, -0.25) is 9.78 Å². The van der Waals surface area contributed by atoms with Crippen molar-refractivity contribution in [3.8, 4) is 11.5 Å². The monoisotopic (exact) mass is 251 g/mol. The van der Waals surface area contributed by atoms with Gasteiger partial charge in [-0.15, -0.1) is 22.0 Å². The van der Waals surface area contributed by atoms with Gasteiger partial charge >= 0.3 is 5.97 Å². The Balaban J connectivity index is 1.99. The molecule has 0 saturated carbocycles. The number of nitrogens with zero attached hydrogens (tertiary/aromatic N) is 3. The molecule has 7 heteroatoms. The number of hydrogen-bond donors (Lipinski definition) is 1. The summed E-state index contributed by atoms with van der Waals surface area (Å²) in [5, 5.41) is 16.2. The van der Waals surface area contributed by atoms with Crippen molar-refractivity contribution in [2.45, 2.75) is 5.75 Å². The lowest BCUT2D eigenvalue weighted by Crippen LogP contribution is -1.98. The van der Waals surface area contributed by atoms with Crippen molar-refractivity contribution < 1.29 is 14.3 Å². The number of carbonyl (C=O) groups is 1. The second-order valence-electron chi connectivity index (χ2n) is 3.12. The Morgan fingerprint density at radius 3 is 2.82 bits per heavy atom. The van der Waals surface area contributed by atoms with E-state index in [-0.39, 0.29) is 5.75 Å². The molecule has 2 aromatic rings. The van der Waals surface area contributed by atoms with E-state index in [9.17, 15) is 4.79 Å². The Bertz CT molecular complexity index is 501. The lowest BCUT2D eigenvalue weighted by atomic mass is 10.3. The fourth-order valence-electron chi connectivity index (χ4n) is 1.15. The minimum absolute atomic E-state index is 0.0208. The zero-order chi connectivity index (χ0) is 12.1. The van der Waals surface area contributed by atoms with Gasteiger partial charge in [-0.1, -0.05) is 0 Å². The molecule has 2 rings (SSSR count). The maximum Gasteiger partial charge on any atom is 0.313 e. The van der Waals surface area contributed by atoms with Gasteiger partial charge in [-0.25, -0.2) is 0 Å². The van der Waals surface area contributed by atoms with Gasteiger partial charge in [0.1, 0.15) is 0 Å². The van der Waals surface area contributed by atoms with Crippen molar-refractivity contribution >= 4 is 17.7 Å². The van der Waals surface area contributed by atoms with Crippen molar-refractivity contribution in [3.63, 3.8) is 0 Å². The number of rotatable bonds is 5. The van der Waals surface area contributed by atoms with Crippen LogP contribution in [0.4, 0.5) is 0 Å². The SMILES string of the molecule is O=C(O)CSCc1nnc(-c2ccncc2)o1. The van der Waals surface area contributed by atoms with Gasteiger partial charge in [0.25, 0.3) is 0 Å².